The second kappa shape index (κ2) is 3.53. The highest BCUT2D eigenvalue weighted by Gasteiger charge is 2.07. The lowest BCUT2D eigenvalue weighted by molar-refractivity contribution is 0.668. The molecular formula is C14H11ClO. The molecule has 3 aromatic rings. The highest BCUT2D eigenvalue weighted by molar-refractivity contribution is 6.31. The maximum absolute atomic E-state index is 5.94. The topological polar surface area (TPSA) is 13.1 Å². The highest BCUT2D eigenvalue weighted by atomic mass is 35.5. The van der Waals surface area contributed by atoms with E-state index in [0.29, 0.717) is 5.02 Å². The van der Waals surface area contributed by atoms with Crippen molar-refractivity contribution in [1.29, 1.82) is 0 Å². The minimum Gasteiger partial charge on any atom is -0.456 e. The molecule has 1 nitrogen and oxygen atoms in total. The molecule has 2 heteroatoms. The van der Waals surface area contributed by atoms with Crippen molar-refractivity contribution in [2.24, 2.45) is 0 Å². The summed E-state index contributed by atoms with van der Waals surface area (Å²) in [4.78, 5) is 0. The maximum atomic E-state index is 5.94. The lowest BCUT2D eigenvalue weighted by Gasteiger charge is -1.94. The second-order valence-corrected chi connectivity index (χ2v) is 4.36. The molecule has 0 saturated carbocycles. The Labute approximate surface area is 98.6 Å². The summed E-state index contributed by atoms with van der Waals surface area (Å²) in [6.07, 6.45) is 1.02. The summed E-state index contributed by atoms with van der Waals surface area (Å²) in [5.41, 5.74) is 3.09. The van der Waals surface area contributed by atoms with Crippen molar-refractivity contribution in [3.05, 3.63) is 47.0 Å². The van der Waals surface area contributed by atoms with E-state index in [-0.39, 0.29) is 0 Å². The van der Waals surface area contributed by atoms with Gasteiger partial charge in [0.1, 0.15) is 11.2 Å². The van der Waals surface area contributed by atoms with Crippen LogP contribution in [0.2, 0.25) is 5.02 Å². The van der Waals surface area contributed by atoms with Gasteiger partial charge in [-0.15, -0.1) is 0 Å². The molecule has 0 aliphatic rings. The zero-order chi connectivity index (χ0) is 11.1. The molecule has 0 aliphatic heterocycles. The molecule has 0 bridgehead atoms. The molecule has 0 spiro atoms. The van der Waals surface area contributed by atoms with Crippen LogP contribution in [0.1, 0.15) is 12.5 Å². The molecule has 0 unspecified atom stereocenters. The van der Waals surface area contributed by atoms with Gasteiger partial charge in [0.2, 0.25) is 0 Å². The molecule has 2 aromatic carbocycles. The van der Waals surface area contributed by atoms with E-state index in [1.807, 2.05) is 18.2 Å². The fraction of sp³-hybridized carbons (Fsp3) is 0.143. The number of fused-ring (bicyclic) bond motifs is 3. The van der Waals surface area contributed by atoms with Crippen LogP contribution in [0.4, 0.5) is 0 Å². The van der Waals surface area contributed by atoms with E-state index < -0.39 is 0 Å². The first-order chi connectivity index (χ1) is 7.78. The number of hydrogen-bond donors (Lipinski definition) is 0. The number of aryl methyl sites for hydroxylation is 1. The van der Waals surface area contributed by atoms with E-state index in [1.165, 1.54) is 5.56 Å². The molecule has 0 N–H and O–H groups in total. The summed E-state index contributed by atoms with van der Waals surface area (Å²) in [7, 11) is 0. The minimum atomic E-state index is 0.710. The van der Waals surface area contributed by atoms with E-state index in [4.69, 9.17) is 16.0 Å². The minimum absolute atomic E-state index is 0.710. The van der Waals surface area contributed by atoms with Crippen LogP contribution in [0.25, 0.3) is 21.9 Å². The van der Waals surface area contributed by atoms with Gasteiger partial charge in [-0.05, 0) is 30.2 Å². The van der Waals surface area contributed by atoms with Crippen LogP contribution in [0.5, 0.6) is 0 Å². The SMILES string of the molecule is CCc1ccc2c(c1)oc1cc(Cl)ccc12. The fourth-order valence-corrected chi connectivity index (χ4v) is 2.18. The van der Waals surface area contributed by atoms with Gasteiger partial charge in [0, 0.05) is 21.9 Å². The van der Waals surface area contributed by atoms with Gasteiger partial charge in [0.15, 0.2) is 0 Å². The van der Waals surface area contributed by atoms with Gasteiger partial charge in [-0.25, -0.2) is 0 Å². The first-order valence-corrected chi connectivity index (χ1v) is 5.76. The molecule has 0 fully saturated rings. The third kappa shape index (κ3) is 1.40. The molecule has 1 heterocycles. The Morgan fingerprint density at radius 2 is 1.69 bits per heavy atom. The predicted molar refractivity (Wildman–Crippen MR) is 68.1 cm³/mol. The van der Waals surface area contributed by atoms with Crippen LogP contribution in [0, 0.1) is 0 Å². The average molecular weight is 231 g/mol. The van der Waals surface area contributed by atoms with Crippen molar-refractivity contribution < 1.29 is 4.42 Å². The largest absolute Gasteiger partial charge is 0.456 e. The summed E-state index contributed by atoms with van der Waals surface area (Å²) in [6.45, 7) is 2.14. The van der Waals surface area contributed by atoms with Crippen molar-refractivity contribution >= 4 is 33.5 Å². The second-order valence-electron chi connectivity index (χ2n) is 3.93. The zero-order valence-corrected chi connectivity index (χ0v) is 9.71. The first kappa shape index (κ1) is 9.73. The molecular weight excluding hydrogens is 220 g/mol. The van der Waals surface area contributed by atoms with E-state index in [0.717, 1.165) is 28.4 Å². The molecule has 0 radical (unpaired) electrons. The summed E-state index contributed by atoms with van der Waals surface area (Å²) in [6, 6.07) is 12.1. The summed E-state index contributed by atoms with van der Waals surface area (Å²) < 4.78 is 5.79. The Kier molecular flexibility index (Phi) is 2.15. The summed E-state index contributed by atoms with van der Waals surface area (Å²) >= 11 is 5.94. The normalized spacial score (nSPS) is 11.4. The molecule has 80 valence electrons. The van der Waals surface area contributed by atoms with Gasteiger partial charge in [0.25, 0.3) is 0 Å². The third-order valence-electron chi connectivity index (χ3n) is 2.91. The van der Waals surface area contributed by atoms with Crippen LogP contribution in [-0.4, -0.2) is 0 Å². The number of rotatable bonds is 1. The van der Waals surface area contributed by atoms with E-state index in [1.54, 1.807) is 0 Å². The molecule has 16 heavy (non-hydrogen) atoms. The van der Waals surface area contributed by atoms with Gasteiger partial charge in [-0.1, -0.05) is 30.7 Å². The maximum Gasteiger partial charge on any atom is 0.136 e. The highest BCUT2D eigenvalue weighted by Crippen LogP contribution is 2.31. The quantitative estimate of drug-likeness (QED) is 0.585. The van der Waals surface area contributed by atoms with Crippen LogP contribution in [-0.2, 0) is 6.42 Å². The Morgan fingerprint density at radius 3 is 2.44 bits per heavy atom. The monoisotopic (exact) mass is 230 g/mol. The molecule has 0 saturated heterocycles. The molecule has 0 aliphatic carbocycles. The number of hydrogen-bond acceptors (Lipinski definition) is 1. The molecule has 0 atom stereocenters. The van der Waals surface area contributed by atoms with Crippen molar-refractivity contribution in [2.45, 2.75) is 13.3 Å². The Hall–Kier alpha value is -1.47. The number of furan rings is 1. The molecule has 0 amide bonds. The number of benzene rings is 2. The summed E-state index contributed by atoms with van der Waals surface area (Å²) in [5, 5.41) is 2.99. The van der Waals surface area contributed by atoms with Gasteiger partial charge >= 0.3 is 0 Å². The lowest BCUT2D eigenvalue weighted by Crippen LogP contribution is -1.76. The third-order valence-corrected chi connectivity index (χ3v) is 3.14. The van der Waals surface area contributed by atoms with Crippen LogP contribution >= 0.6 is 11.6 Å². The summed E-state index contributed by atoms with van der Waals surface area (Å²) in [5.74, 6) is 0. The van der Waals surface area contributed by atoms with Crippen LogP contribution in [0.3, 0.4) is 0 Å². The van der Waals surface area contributed by atoms with Crippen molar-refractivity contribution in [3.63, 3.8) is 0 Å². The van der Waals surface area contributed by atoms with E-state index >= 15 is 0 Å². The van der Waals surface area contributed by atoms with Crippen molar-refractivity contribution in [2.75, 3.05) is 0 Å². The van der Waals surface area contributed by atoms with E-state index in [2.05, 4.69) is 25.1 Å². The molecule has 3 rings (SSSR count). The molecule has 1 aromatic heterocycles. The van der Waals surface area contributed by atoms with Gasteiger partial charge < -0.3 is 4.42 Å². The lowest BCUT2D eigenvalue weighted by atomic mass is 10.1. The standard InChI is InChI=1S/C14H11ClO/c1-2-9-3-5-11-12-6-4-10(15)8-14(12)16-13(11)7-9/h3-8H,2H2,1H3. The first-order valence-electron chi connectivity index (χ1n) is 5.38. The smallest absolute Gasteiger partial charge is 0.136 e. The zero-order valence-electron chi connectivity index (χ0n) is 8.96. The Morgan fingerprint density at radius 1 is 1.00 bits per heavy atom. The average Bonchev–Trinajstić information content (AvgIpc) is 2.64. The fourth-order valence-electron chi connectivity index (χ4n) is 2.02. The van der Waals surface area contributed by atoms with Crippen molar-refractivity contribution in [3.8, 4) is 0 Å². The van der Waals surface area contributed by atoms with Crippen LogP contribution in [0.15, 0.2) is 40.8 Å². The van der Waals surface area contributed by atoms with Crippen LogP contribution < -0.4 is 0 Å². The predicted octanol–water partition coefficient (Wildman–Crippen LogP) is 4.80. The Bertz CT molecular complexity index is 667. The van der Waals surface area contributed by atoms with Gasteiger partial charge in [-0.2, -0.15) is 0 Å². The van der Waals surface area contributed by atoms with E-state index in [9.17, 15) is 0 Å². The van der Waals surface area contributed by atoms with Gasteiger partial charge in [-0.3, -0.25) is 0 Å². The van der Waals surface area contributed by atoms with Gasteiger partial charge in [0.05, 0.1) is 0 Å². The Balaban J connectivity index is 2.40. The van der Waals surface area contributed by atoms with Crippen molar-refractivity contribution in [1.82, 2.24) is 0 Å². The number of halogens is 1.